The zero-order valence-corrected chi connectivity index (χ0v) is 8.67. The molecular formula is C9H12N4O2. The van der Waals surface area contributed by atoms with Crippen LogP contribution in [0.3, 0.4) is 0 Å². The molecule has 0 aliphatic carbocycles. The fraction of sp³-hybridized carbons (Fsp3) is 0.556. The molecule has 0 bridgehead atoms. The zero-order valence-electron chi connectivity index (χ0n) is 8.67. The summed E-state index contributed by atoms with van der Waals surface area (Å²) in [7, 11) is 0. The van der Waals surface area contributed by atoms with Crippen LogP contribution >= 0.6 is 0 Å². The van der Waals surface area contributed by atoms with Crippen LogP contribution in [0.15, 0.2) is 6.33 Å². The van der Waals surface area contributed by atoms with Gasteiger partial charge in [0, 0.05) is 0 Å². The molecule has 15 heavy (non-hydrogen) atoms. The van der Waals surface area contributed by atoms with Crippen molar-refractivity contribution in [3.05, 3.63) is 12.2 Å². The summed E-state index contributed by atoms with van der Waals surface area (Å²) in [6, 6.07) is 1.82. The van der Waals surface area contributed by atoms with E-state index in [4.69, 9.17) is 10.00 Å². The number of aromatic nitrogens is 3. The topological polar surface area (TPSA) is 80.8 Å². The SMILES string of the molecule is CCOC(=O)C(C)Cn1cnc(C#N)n1. The first-order valence-electron chi connectivity index (χ1n) is 4.63. The number of ether oxygens (including phenoxy) is 1. The minimum absolute atomic E-state index is 0.103. The molecule has 0 saturated carbocycles. The Kier molecular flexibility index (Phi) is 3.80. The summed E-state index contributed by atoms with van der Waals surface area (Å²) in [6.45, 7) is 4.23. The summed E-state index contributed by atoms with van der Waals surface area (Å²) in [5.41, 5.74) is 0. The summed E-state index contributed by atoms with van der Waals surface area (Å²) < 4.78 is 6.30. The van der Waals surface area contributed by atoms with Crippen LogP contribution in [0.1, 0.15) is 19.7 Å². The molecule has 6 nitrogen and oxygen atoms in total. The predicted octanol–water partition coefficient (Wildman–Crippen LogP) is 0.349. The minimum atomic E-state index is -0.293. The third-order valence-electron chi connectivity index (χ3n) is 1.79. The van der Waals surface area contributed by atoms with Crippen LogP contribution in [0.25, 0.3) is 0 Å². The van der Waals surface area contributed by atoms with Gasteiger partial charge >= 0.3 is 5.97 Å². The fourth-order valence-corrected chi connectivity index (χ4v) is 1.07. The maximum atomic E-state index is 11.3. The van der Waals surface area contributed by atoms with Gasteiger partial charge in [0.1, 0.15) is 12.4 Å². The molecule has 6 heteroatoms. The molecule has 1 unspecified atom stereocenters. The van der Waals surface area contributed by atoms with Crippen LogP contribution in [0.2, 0.25) is 0 Å². The zero-order chi connectivity index (χ0) is 11.3. The Morgan fingerprint density at radius 1 is 1.80 bits per heavy atom. The minimum Gasteiger partial charge on any atom is -0.466 e. The van der Waals surface area contributed by atoms with E-state index in [0.717, 1.165) is 0 Å². The molecule has 0 radical (unpaired) electrons. The van der Waals surface area contributed by atoms with Gasteiger partial charge < -0.3 is 4.74 Å². The number of nitrogens with zero attached hydrogens (tertiary/aromatic N) is 4. The number of hydrogen-bond acceptors (Lipinski definition) is 5. The van der Waals surface area contributed by atoms with Gasteiger partial charge in [0.2, 0.25) is 0 Å². The van der Waals surface area contributed by atoms with Crippen molar-refractivity contribution in [2.45, 2.75) is 20.4 Å². The Labute approximate surface area is 87.5 Å². The molecule has 1 heterocycles. The van der Waals surface area contributed by atoms with Crippen molar-refractivity contribution in [2.75, 3.05) is 6.61 Å². The van der Waals surface area contributed by atoms with Gasteiger partial charge in [-0.15, -0.1) is 5.10 Å². The molecule has 1 aromatic heterocycles. The van der Waals surface area contributed by atoms with Crippen molar-refractivity contribution >= 4 is 5.97 Å². The lowest BCUT2D eigenvalue weighted by Crippen LogP contribution is -2.20. The van der Waals surface area contributed by atoms with E-state index in [2.05, 4.69) is 10.1 Å². The smallest absolute Gasteiger partial charge is 0.310 e. The highest BCUT2D eigenvalue weighted by atomic mass is 16.5. The van der Waals surface area contributed by atoms with Crippen LogP contribution in [0.4, 0.5) is 0 Å². The number of hydrogen-bond donors (Lipinski definition) is 0. The molecule has 0 saturated heterocycles. The summed E-state index contributed by atoms with van der Waals surface area (Å²) in [5.74, 6) is -0.462. The maximum absolute atomic E-state index is 11.3. The van der Waals surface area contributed by atoms with E-state index in [-0.39, 0.29) is 17.7 Å². The van der Waals surface area contributed by atoms with Crippen molar-refractivity contribution in [1.29, 1.82) is 5.26 Å². The highest BCUT2D eigenvalue weighted by Crippen LogP contribution is 2.02. The van der Waals surface area contributed by atoms with Crippen molar-refractivity contribution in [1.82, 2.24) is 14.8 Å². The summed E-state index contributed by atoms with van der Waals surface area (Å²) >= 11 is 0. The van der Waals surface area contributed by atoms with E-state index in [0.29, 0.717) is 13.2 Å². The van der Waals surface area contributed by atoms with Crippen LogP contribution in [-0.2, 0) is 16.1 Å². The van der Waals surface area contributed by atoms with Gasteiger partial charge in [-0.2, -0.15) is 5.26 Å². The maximum Gasteiger partial charge on any atom is 0.310 e. The second-order valence-electron chi connectivity index (χ2n) is 3.06. The molecule has 1 aromatic rings. The highest BCUT2D eigenvalue weighted by molar-refractivity contribution is 5.71. The van der Waals surface area contributed by atoms with Gasteiger partial charge in [0.05, 0.1) is 19.1 Å². The van der Waals surface area contributed by atoms with Crippen LogP contribution in [0, 0.1) is 17.2 Å². The van der Waals surface area contributed by atoms with E-state index >= 15 is 0 Å². The number of esters is 1. The average Bonchev–Trinajstić information content (AvgIpc) is 2.66. The normalized spacial score (nSPS) is 11.8. The number of rotatable bonds is 4. The first-order valence-corrected chi connectivity index (χ1v) is 4.63. The lowest BCUT2D eigenvalue weighted by atomic mass is 10.2. The Morgan fingerprint density at radius 2 is 2.53 bits per heavy atom. The lowest BCUT2D eigenvalue weighted by Gasteiger charge is -2.09. The van der Waals surface area contributed by atoms with Gasteiger partial charge in [-0.05, 0) is 6.92 Å². The number of carbonyl (C=O) groups is 1. The van der Waals surface area contributed by atoms with E-state index in [1.807, 2.05) is 6.07 Å². The second kappa shape index (κ2) is 5.10. The van der Waals surface area contributed by atoms with Crippen molar-refractivity contribution in [3.8, 4) is 6.07 Å². The number of nitriles is 1. The average molecular weight is 208 g/mol. The third-order valence-corrected chi connectivity index (χ3v) is 1.79. The predicted molar refractivity (Wildman–Crippen MR) is 50.5 cm³/mol. The van der Waals surface area contributed by atoms with Crippen LogP contribution < -0.4 is 0 Å². The standard InChI is InChI=1S/C9H12N4O2/c1-3-15-9(14)7(2)5-13-6-11-8(4-10)12-13/h6-7H,3,5H2,1-2H3. The highest BCUT2D eigenvalue weighted by Gasteiger charge is 2.15. The first kappa shape index (κ1) is 11.2. The van der Waals surface area contributed by atoms with Gasteiger partial charge in [-0.25, -0.2) is 4.98 Å². The van der Waals surface area contributed by atoms with Gasteiger partial charge in [-0.1, -0.05) is 6.92 Å². The monoisotopic (exact) mass is 208 g/mol. The van der Waals surface area contributed by atoms with Gasteiger partial charge in [-0.3, -0.25) is 9.48 Å². The summed E-state index contributed by atoms with van der Waals surface area (Å²) in [5, 5.41) is 12.3. The molecule has 0 fully saturated rings. The molecule has 0 N–H and O–H groups in total. The fourth-order valence-electron chi connectivity index (χ4n) is 1.07. The Hall–Kier alpha value is -1.90. The first-order chi connectivity index (χ1) is 7.17. The molecule has 0 aliphatic rings. The lowest BCUT2D eigenvalue weighted by molar-refractivity contribution is -0.147. The van der Waals surface area contributed by atoms with Gasteiger partial charge in [0.15, 0.2) is 0 Å². The molecule has 80 valence electrons. The molecule has 0 amide bonds. The molecule has 0 spiro atoms. The van der Waals surface area contributed by atoms with Gasteiger partial charge in [0.25, 0.3) is 5.82 Å². The van der Waals surface area contributed by atoms with Crippen LogP contribution in [-0.4, -0.2) is 27.3 Å². The Bertz CT molecular complexity index is 380. The second-order valence-corrected chi connectivity index (χ2v) is 3.06. The number of carbonyl (C=O) groups excluding carboxylic acids is 1. The molecule has 1 rings (SSSR count). The van der Waals surface area contributed by atoms with E-state index < -0.39 is 0 Å². The molecule has 0 aromatic carbocycles. The third kappa shape index (κ3) is 3.06. The Morgan fingerprint density at radius 3 is 3.07 bits per heavy atom. The van der Waals surface area contributed by atoms with Crippen molar-refractivity contribution < 1.29 is 9.53 Å². The largest absolute Gasteiger partial charge is 0.466 e. The van der Waals surface area contributed by atoms with Crippen molar-refractivity contribution in [2.24, 2.45) is 5.92 Å². The molecule has 0 aliphatic heterocycles. The Balaban J connectivity index is 2.55. The summed E-state index contributed by atoms with van der Waals surface area (Å²) in [6.07, 6.45) is 1.42. The van der Waals surface area contributed by atoms with E-state index in [1.165, 1.54) is 11.0 Å². The molecular weight excluding hydrogens is 196 g/mol. The van der Waals surface area contributed by atoms with Crippen molar-refractivity contribution in [3.63, 3.8) is 0 Å². The van der Waals surface area contributed by atoms with E-state index in [1.54, 1.807) is 13.8 Å². The molecule has 1 atom stereocenters. The quantitative estimate of drug-likeness (QED) is 0.667. The summed E-state index contributed by atoms with van der Waals surface area (Å²) in [4.78, 5) is 15.0. The van der Waals surface area contributed by atoms with Crippen LogP contribution in [0.5, 0.6) is 0 Å². The van der Waals surface area contributed by atoms with E-state index in [9.17, 15) is 4.79 Å².